The van der Waals surface area contributed by atoms with Crippen LogP contribution in [0, 0.1) is 0 Å². The van der Waals surface area contributed by atoms with Crippen molar-refractivity contribution in [3.05, 3.63) is 170 Å². The van der Waals surface area contributed by atoms with E-state index >= 15 is 0 Å². The highest BCUT2D eigenvalue weighted by Crippen LogP contribution is 2.44. The van der Waals surface area contributed by atoms with E-state index in [-0.39, 0.29) is 0 Å². The molecule has 0 saturated carbocycles. The molecular formula is C45H28N4S. The molecule has 0 N–H and O–H groups in total. The van der Waals surface area contributed by atoms with E-state index in [9.17, 15) is 0 Å². The van der Waals surface area contributed by atoms with Crippen molar-refractivity contribution < 1.29 is 0 Å². The Labute approximate surface area is 292 Å². The maximum absolute atomic E-state index is 5.23. The normalized spacial score (nSPS) is 11.6. The Balaban J connectivity index is 1.25. The van der Waals surface area contributed by atoms with E-state index in [1.807, 2.05) is 35.6 Å². The Morgan fingerprint density at radius 2 is 1.00 bits per heavy atom. The summed E-state index contributed by atoms with van der Waals surface area (Å²) in [5.41, 5.74) is 8.46. The van der Waals surface area contributed by atoms with Gasteiger partial charge in [0.1, 0.15) is 0 Å². The van der Waals surface area contributed by atoms with Crippen LogP contribution in [0.1, 0.15) is 0 Å². The van der Waals surface area contributed by atoms with E-state index in [4.69, 9.17) is 15.0 Å². The van der Waals surface area contributed by atoms with Crippen molar-refractivity contribution >= 4 is 53.3 Å². The molecule has 10 rings (SSSR count). The average molecular weight is 657 g/mol. The van der Waals surface area contributed by atoms with Crippen LogP contribution in [0.15, 0.2) is 170 Å². The minimum atomic E-state index is 0.629. The van der Waals surface area contributed by atoms with Gasteiger partial charge in [0.15, 0.2) is 17.5 Å². The van der Waals surface area contributed by atoms with Crippen molar-refractivity contribution in [1.29, 1.82) is 0 Å². The van der Waals surface area contributed by atoms with Crippen LogP contribution in [0.3, 0.4) is 0 Å². The lowest BCUT2D eigenvalue weighted by atomic mass is 10.0. The molecule has 0 aliphatic heterocycles. The number of thiophene rings is 1. The van der Waals surface area contributed by atoms with Gasteiger partial charge in [-0.15, -0.1) is 11.3 Å². The Morgan fingerprint density at radius 1 is 0.400 bits per heavy atom. The van der Waals surface area contributed by atoms with Gasteiger partial charge in [-0.1, -0.05) is 140 Å². The summed E-state index contributed by atoms with van der Waals surface area (Å²) in [6, 6.07) is 59.5. The van der Waals surface area contributed by atoms with Crippen LogP contribution in [0.5, 0.6) is 0 Å². The van der Waals surface area contributed by atoms with Gasteiger partial charge in [-0.25, -0.2) is 15.0 Å². The molecule has 0 aliphatic rings. The summed E-state index contributed by atoms with van der Waals surface area (Å²) in [6.45, 7) is 0. The van der Waals surface area contributed by atoms with E-state index in [1.165, 1.54) is 36.5 Å². The maximum atomic E-state index is 5.23. The summed E-state index contributed by atoms with van der Waals surface area (Å²) in [6.07, 6.45) is 0. The highest BCUT2D eigenvalue weighted by molar-refractivity contribution is 7.26. The lowest BCUT2D eigenvalue weighted by Gasteiger charge is -2.15. The minimum Gasteiger partial charge on any atom is -0.307 e. The van der Waals surface area contributed by atoms with Gasteiger partial charge >= 0.3 is 0 Å². The lowest BCUT2D eigenvalue weighted by Crippen LogP contribution is -2.03. The van der Waals surface area contributed by atoms with E-state index in [1.54, 1.807) is 0 Å². The second-order valence-electron chi connectivity index (χ2n) is 12.4. The molecule has 0 saturated heterocycles. The molecule has 0 aliphatic carbocycles. The number of benzene rings is 7. The summed E-state index contributed by atoms with van der Waals surface area (Å²) in [4.78, 5) is 15.5. The third-order valence-electron chi connectivity index (χ3n) is 9.46. The molecule has 10 aromatic rings. The predicted octanol–water partition coefficient (Wildman–Crippen LogP) is 12.0. The number of hydrogen-bond donors (Lipinski definition) is 0. The van der Waals surface area contributed by atoms with Crippen molar-refractivity contribution in [2.24, 2.45) is 0 Å². The molecule has 0 atom stereocenters. The number of nitrogens with zero attached hydrogens (tertiary/aromatic N) is 4. The summed E-state index contributed by atoms with van der Waals surface area (Å²) in [5.74, 6) is 1.90. The molecule has 3 heterocycles. The number of hydrogen-bond acceptors (Lipinski definition) is 4. The summed E-state index contributed by atoms with van der Waals surface area (Å²) >= 11 is 1.85. The van der Waals surface area contributed by atoms with Crippen LogP contribution in [-0.4, -0.2) is 19.5 Å². The zero-order chi connectivity index (χ0) is 33.0. The van der Waals surface area contributed by atoms with Crippen molar-refractivity contribution in [3.8, 4) is 51.0 Å². The monoisotopic (exact) mass is 656 g/mol. The molecule has 0 amide bonds. The van der Waals surface area contributed by atoms with E-state index in [2.05, 4.69) is 150 Å². The maximum Gasteiger partial charge on any atom is 0.166 e. The fourth-order valence-electron chi connectivity index (χ4n) is 7.15. The van der Waals surface area contributed by atoms with E-state index in [0.29, 0.717) is 17.5 Å². The largest absolute Gasteiger partial charge is 0.307 e. The number of para-hydroxylation sites is 2. The van der Waals surface area contributed by atoms with E-state index < -0.39 is 0 Å². The van der Waals surface area contributed by atoms with Gasteiger partial charge in [-0.3, -0.25) is 0 Å². The second kappa shape index (κ2) is 11.6. The number of fused-ring (bicyclic) bond motifs is 7. The molecule has 50 heavy (non-hydrogen) atoms. The van der Waals surface area contributed by atoms with Crippen LogP contribution in [0.2, 0.25) is 0 Å². The Bertz CT molecular complexity index is 2870. The van der Waals surface area contributed by atoms with Gasteiger partial charge in [-0.05, 0) is 41.5 Å². The minimum absolute atomic E-state index is 0.629. The summed E-state index contributed by atoms with van der Waals surface area (Å²) in [7, 11) is 0. The molecule has 3 aromatic heterocycles. The smallest absolute Gasteiger partial charge is 0.166 e. The first-order chi connectivity index (χ1) is 24.8. The van der Waals surface area contributed by atoms with Crippen LogP contribution < -0.4 is 0 Å². The Kier molecular flexibility index (Phi) is 6.64. The standard InChI is InChI=1S/C45H28N4S/c1-3-14-29(15-4-1)31-18-13-19-32(28-31)44-46-43(30-16-5-2-6-17-30)47-45(48-44)37-22-8-11-24-39(37)49-38-23-10-7-20-33(38)35-26-27-36-34-21-9-12-25-40(34)50-42(36)41(35)49/h1-28H. The van der Waals surface area contributed by atoms with Crippen LogP contribution in [-0.2, 0) is 0 Å². The molecule has 7 aromatic carbocycles. The zero-order valence-corrected chi connectivity index (χ0v) is 27.7. The molecule has 0 spiro atoms. The molecule has 234 valence electrons. The van der Waals surface area contributed by atoms with Crippen molar-refractivity contribution in [3.63, 3.8) is 0 Å². The second-order valence-corrected chi connectivity index (χ2v) is 13.5. The molecule has 0 bridgehead atoms. The zero-order valence-electron chi connectivity index (χ0n) is 26.9. The Hall–Kier alpha value is -6.43. The summed E-state index contributed by atoms with van der Waals surface area (Å²) < 4.78 is 4.97. The molecule has 4 nitrogen and oxygen atoms in total. The van der Waals surface area contributed by atoms with Gasteiger partial charge in [0.25, 0.3) is 0 Å². The van der Waals surface area contributed by atoms with Gasteiger partial charge in [0.05, 0.1) is 21.4 Å². The first-order valence-corrected chi connectivity index (χ1v) is 17.5. The predicted molar refractivity (Wildman–Crippen MR) is 209 cm³/mol. The average Bonchev–Trinajstić information content (AvgIpc) is 3.74. The number of aromatic nitrogens is 4. The highest BCUT2D eigenvalue weighted by atomic mass is 32.1. The topological polar surface area (TPSA) is 43.6 Å². The fraction of sp³-hybridized carbons (Fsp3) is 0. The van der Waals surface area contributed by atoms with Gasteiger partial charge < -0.3 is 4.57 Å². The molecule has 5 heteroatoms. The van der Waals surface area contributed by atoms with Crippen molar-refractivity contribution in [2.45, 2.75) is 0 Å². The van der Waals surface area contributed by atoms with Crippen LogP contribution in [0.25, 0.3) is 93.0 Å². The van der Waals surface area contributed by atoms with Crippen LogP contribution >= 0.6 is 11.3 Å². The first-order valence-electron chi connectivity index (χ1n) is 16.7. The van der Waals surface area contributed by atoms with Crippen LogP contribution in [0.4, 0.5) is 0 Å². The lowest BCUT2D eigenvalue weighted by molar-refractivity contribution is 1.06. The SMILES string of the molecule is c1ccc(-c2cccc(-c3nc(-c4ccccc4)nc(-c4ccccc4-n4c5ccccc5c5ccc6c7ccccc7sc6c54)n3)c2)cc1. The van der Waals surface area contributed by atoms with Gasteiger partial charge in [-0.2, -0.15) is 0 Å². The number of rotatable bonds is 5. The molecule has 0 radical (unpaired) electrons. The highest BCUT2D eigenvalue weighted by Gasteiger charge is 2.21. The van der Waals surface area contributed by atoms with E-state index in [0.717, 1.165) is 39.0 Å². The third kappa shape index (κ3) is 4.63. The molecule has 0 fully saturated rings. The third-order valence-corrected chi connectivity index (χ3v) is 10.7. The quantitative estimate of drug-likeness (QED) is 0.185. The summed E-state index contributed by atoms with van der Waals surface area (Å²) in [5, 5.41) is 5.00. The van der Waals surface area contributed by atoms with Gasteiger partial charge in [0.2, 0.25) is 0 Å². The Morgan fingerprint density at radius 3 is 1.84 bits per heavy atom. The fourth-order valence-corrected chi connectivity index (χ4v) is 8.39. The molecule has 0 unspecified atom stereocenters. The van der Waals surface area contributed by atoms with Crippen molar-refractivity contribution in [1.82, 2.24) is 19.5 Å². The first kappa shape index (κ1) is 28.6. The van der Waals surface area contributed by atoms with Crippen molar-refractivity contribution in [2.75, 3.05) is 0 Å². The van der Waals surface area contributed by atoms with Gasteiger partial charge in [0, 0.05) is 42.9 Å². The molecular weight excluding hydrogens is 629 g/mol.